The third-order valence-corrected chi connectivity index (χ3v) is 4.37. The zero-order chi connectivity index (χ0) is 14.8. The number of likely N-dealkylation sites (N-methyl/N-ethyl adjacent to an activating group) is 1. The molecule has 0 aromatic carbocycles. The van der Waals surface area contributed by atoms with E-state index >= 15 is 0 Å². The normalized spacial score (nSPS) is 13.1. The summed E-state index contributed by atoms with van der Waals surface area (Å²) in [7, 11) is 0. The standard InChI is InChI=1S/C15H21N5S/c1-4-16-13(14-8-11(3)18-20(14)5-2)9-12-10-19-6-7-21-15(19)17-12/h6-8,10,13,16H,4-5,9H2,1-3H3. The maximum atomic E-state index is 4.69. The van der Waals surface area contributed by atoms with Crippen LogP contribution in [0.15, 0.2) is 23.8 Å². The smallest absolute Gasteiger partial charge is 0.193 e. The van der Waals surface area contributed by atoms with Crippen molar-refractivity contribution in [1.29, 1.82) is 0 Å². The molecule has 1 N–H and O–H groups in total. The number of aryl methyl sites for hydroxylation is 2. The van der Waals surface area contributed by atoms with Gasteiger partial charge in [0.05, 0.1) is 23.1 Å². The molecule has 0 bridgehead atoms. The number of hydrogen-bond acceptors (Lipinski definition) is 4. The van der Waals surface area contributed by atoms with Crippen molar-refractivity contribution < 1.29 is 0 Å². The molecule has 3 aromatic rings. The molecule has 5 nitrogen and oxygen atoms in total. The van der Waals surface area contributed by atoms with Gasteiger partial charge in [0.1, 0.15) is 0 Å². The number of fused-ring (bicyclic) bond motifs is 1. The fourth-order valence-corrected chi connectivity index (χ4v) is 3.43. The van der Waals surface area contributed by atoms with Crippen molar-refractivity contribution in [2.75, 3.05) is 6.54 Å². The van der Waals surface area contributed by atoms with Gasteiger partial charge in [0.25, 0.3) is 0 Å². The highest BCUT2D eigenvalue weighted by Crippen LogP contribution is 2.21. The van der Waals surface area contributed by atoms with Gasteiger partial charge in [0.15, 0.2) is 4.96 Å². The van der Waals surface area contributed by atoms with Crippen molar-refractivity contribution in [1.82, 2.24) is 24.5 Å². The lowest BCUT2D eigenvalue weighted by Gasteiger charge is -2.18. The van der Waals surface area contributed by atoms with E-state index in [1.165, 1.54) is 5.69 Å². The summed E-state index contributed by atoms with van der Waals surface area (Å²) in [6.07, 6.45) is 5.06. The van der Waals surface area contributed by atoms with Gasteiger partial charge in [-0.05, 0) is 26.5 Å². The third-order valence-electron chi connectivity index (χ3n) is 3.60. The number of thiazole rings is 1. The molecule has 112 valence electrons. The maximum Gasteiger partial charge on any atom is 0.193 e. The average molecular weight is 303 g/mol. The molecule has 3 rings (SSSR count). The van der Waals surface area contributed by atoms with Crippen LogP contribution in [0.4, 0.5) is 0 Å². The number of hydrogen-bond donors (Lipinski definition) is 1. The number of imidazole rings is 1. The minimum Gasteiger partial charge on any atom is -0.309 e. The Bertz CT molecular complexity index is 695. The summed E-state index contributed by atoms with van der Waals surface area (Å²) in [5, 5.41) is 10.2. The molecular formula is C15H21N5S. The SMILES string of the molecule is CCNC(Cc1cn2ccsc2n1)c1cc(C)nn1CC. The molecule has 21 heavy (non-hydrogen) atoms. The van der Waals surface area contributed by atoms with Crippen molar-refractivity contribution in [3.05, 3.63) is 40.9 Å². The summed E-state index contributed by atoms with van der Waals surface area (Å²) >= 11 is 1.67. The third kappa shape index (κ3) is 2.87. The summed E-state index contributed by atoms with van der Waals surface area (Å²) in [6.45, 7) is 8.14. The molecule has 0 aliphatic heterocycles. The summed E-state index contributed by atoms with van der Waals surface area (Å²) < 4.78 is 4.17. The van der Waals surface area contributed by atoms with Crippen LogP contribution in [0, 0.1) is 6.92 Å². The Hall–Kier alpha value is -1.66. The molecule has 0 radical (unpaired) electrons. The molecule has 0 spiro atoms. The van der Waals surface area contributed by atoms with Crippen LogP contribution in [0.2, 0.25) is 0 Å². The monoisotopic (exact) mass is 303 g/mol. The Morgan fingerprint density at radius 3 is 2.95 bits per heavy atom. The van der Waals surface area contributed by atoms with Crippen LogP contribution in [0.25, 0.3) is 4.96 Å². The highest BCUT2D eigenvalue weighted by Gasteiger charge is 2.18. The highest BCUT2D eigenvalue weighted by molar-refractivity contribution is 7.15. The Labute approximate surface area is 128 Å². The van der Waals surface area contributed by atoms with Crippen molar-refractivity contribution in [3.63, 3.8) is 0 Å². The first-order chi connectivity index (χ1) is 10.2. The zero-order valence-electron chi connectivity index (χ0n) is 12.7. The van der Waals surface area contributed by atoms with E-state index in [9.17, 15) is 0 Å². The van der Waals surface area contributed by atoms with Crippen molar-refractivity contribution in [3.8, 4) is 0 Å². The lowest BCUT2D eigenvalue weighted by molar-refractivity contribution is 0.487. The second kappa shape index (κ2) is 5.99. The Balaban J connectivity index is 1.88. The molecule has 6 heteroatoms. The molecule has 0 aliphatic carbocycles. The van der Waals surface area contributed by atoms with E-state index in [2.05, 4.69) is 57.2 Å². The Morgan fingerprint density at radius 1 is 1.38 bits per heavy atom. The van der Waals surface area contributed by atoms with Gasteiger partial charge in [-0.1, -0.05) is 6.92 Å². The van der Waals surface area contributed by atoms with E-state index in [4.69, 9.17) is 4.98 Å². The van der Waals surface area contributed by atoms with Crippen LogP contribution in [0.5, 0.6) is 0 Å². The highest BCUT2D eigenvalue weighted by atomic mass is 32.1. The number of nitrogens with zero attached hydrogens (tertiary/aromatic N) is 4. The lowest BCUT2D eigenvalue weighted by Crippen LogP contribution is -2.25. The van der Waals surface area contributed by atoms with Gasteiger partial charge in [-0.2, -0.15) is 5.10 Å². The summed E-state index contributed by atoms with van der Waals surface area (Å²) in [4.78, 5) is 5.75. The van der Waals surface area contributed by atoms with Gasteiger partial charge in [-0.25, -0.2) is 4.98 Å². The van der Waals surface area contributed by atoms with E-state index in [1.54, 1.807) is 11.3 Å². The number of nitrogens with one attached hydrogen (secondary N) is 1. The van der Waals surface area contributed by atoms with Gasteiger partial charge in [0.2, 0.25) is 0 Å². The van der Waals surface area contributed by atoms with Crippen LogP contribution >= 0.6 is 11.3 Å². The van der Waals surface area contributed by atoms with Crippen molar-refractivity contribution in [2.45, 2.75) is 39.8 Å². The van der Waals surface area contributed by atoms with Gasteiger partial charge in [-0.3, -0.25) is 9.08 Å². The van der Waals surface area contributed by atoms with Crippen molar-refractivity contribution in [2.24, 2.45) is 0 Å². The number of rotatable bonds is 6. The minimum absolute atomic E-state index is 0.251. The first kappa shape index (κ1) is 14.3. The van der Waals surface area contributed by atoms with Gasteiger partial charge >= 0.3 is 0 Å². The molecule has 0 saturated carbocycles. The second-order valence-electron chi connectivity index (χ2n) is 5.17. The quantitative estimate of drug-likeness (QED) is 0.762. The first-order valence-corrected chi connectivity index (χ1v) is 8.28. The van der Waals surface area contributed by atoms with Crippen LogP contribution in [-0.4, -0.2) is 25.7 Å². The predicted octanol–water partition coefficient (Wildman–Crippen LogP) is 2.81. The zero-order valence-corrected chi connectivity index (χ0v) is 13.5. The summed E-state index contributed by atoms with van der Waals surface area (Å²) in [5.41, 5.74) is 3.43. The summed E-state index contributed by atoms with van der Waals surface area (Å²) in [5.74, 6) is 0. The summed E-state index contributed by atoms with van der Waals surface area (Å²) in [6, 6.07) is 2.43. The van der Waals surface area contributed by atoms with E-state index in [0.29, 0.717) is 0 Å². The van der Waals surface area contributed by atoms with Crippen molar-refractivity contribution >= 4 is 16.3 Å². The predicted molar refractivity (Wildman–Crippen MR) is 85.8 cm³/mol. The van der Waals surface area contributed by atoms with Gasteiger partial charge in [-0.15, -0.1) is 11.3 Å². The van der Waals surface area contributed by atoms with Gasteiger partial charge in [0, 0.05) is 30.7 Å². The van der Waals surface area contributed by atoms with Gasteiger partial charge < -0.3 is 5.32 Å². The lowest BCUT2D eigenvalue weighted by atomic mass is 10.1. The van der Waals surface area contributed by atoms with E-state index < -0.39 is 0 Å². The molecule has 1 atom stereocenters. The van der Waals surface area contributed by atoms with E-state index in [-0.39, 0.29) is 6.04 Å². The maximum absolute atomic E-state index is 4.69. The molecular weight excluding hydrogens is 282 g/mol. The molecule has 0 saturated heterocycles. The first-order valence-electron chi connectivity index (χ1n) is 7.40. The fraction of sp³-hybridized carbons (Fsp3) is 0.467. The van der Waals surface area contributed by atoms with Crippen LogP contribution < -0.4 is 5.32 Å². The van der Waals surface area contributed by atoms with Crippen LogP contribution in [-0.2, 0) is 13.0 Å². The Morgan fingerprint density at radius 2 is 2.24 bits per heavy atom. The minimum atomic E-state index is 0.251. The molecule has 0 aliphatic rings. The molecule has 0 fully saturated rings. The average Bonchev–Trinajstić information content (AvgIpc) is 3.11. The van der Waals surface area contributed by atoms with Crippen LogP contribution in [0.1, 0.15) is 37.0 Å². The number of aromatic nitrogens is 4. The van der Waals surface area contributed by atoms with E-state index in [0.717, 1.165) is 35.9 Å². The topological polar surface area (TPSA) is 47.1 Å². The Kier molecular flexibility index (Phi) is 4.07. The largest absolute Gasteiger partial charge is 0.309 e. The second-order valence-corrected chi connectivity index (χ2v) is 6.04. The van der Waals surface area contributed by atoms with Crippen LogP contribution in [0.3, 0.4) is 0 Å². The fourth-order valence-electron chi connectivity index (χ4n) is 2.71. The van der Waals surface area contributed by atoms with E-state index in [1.807, 2.05) is 6.92 Å². The molecule has 0 amide bonds. The molecule has 1 unspecified atom stereocenters. The molecule has 3 aromatic heterocycles. The molecule has 3 heterocycles.